The van der Waals surface area contributed by atoms with Crippen LogP contribution in [0, 0.1) is 0 Å². The largest absolute Gasteiger partial charge is 0.399 e. The van der Waals surface area contributed by atoms with E-state index in [0.29, 0.717) is 44.8 Å². The highest BCUT2D eigenvalue weighted by molar-refractivity contribution is 5.47. The quantitative estimate of drug-likeness (QED) is 0.478. The first-order chi connectivity index (χ1) is 11.6. The van der Waals surface area contributed by atoms with Gasteiger partial charge >= 0.3 is 0 Å². The zero-order chi connectivity index (χ0) is 17.6. The third-order valence-electron chi connectivity index (χ3n) is 3.17. The van der Waals surface area contributed by atoms with E-state index in [1.165, 1.54) is 5.56 Å². The molecule has 0 bridgehead atoms. The van der Waals surface area contributed by atoms with Crippen molar-refractivity contribution in [1.29, 1.82) is 0 Å². The van der Waals surface area contributed by atoms with Gasteiger partial charge < -0.3 is 30.6 Å². The van der Waals surface area contributed by atoms with Crippen LogP contribution in [0.2, 0.25) is 0 Å². The maximum Gasteiger partial charge on any atom is 0.0876 e. The molecule has 1 aromatic carbocycles. The third-order valence-corrected chi connectivity index (χ3v) is 3.17. The van der Waals surface area contributed by atoms with E-state index in [4.69, 9.17) is 19.9 Å². The van der Waals surface area contributed by atoms with Crippen molar-refractivity contribution >= 4 is 5.69 Å². The van der Waals surface area contributed by atoms with Crippen LogP contribution >= 0.6 is 0 Å². The lowest BCUT2D eigenvalue weighted by atomic mass is 10.2. The summed E-state index contributed by atoms with van der Waals surface area (Å²) in [5.41, 5.74) is 8.78. The van der Waals surface area contributed by atoms with Crippen LogP contribution in [-0.4, -0.2) is 46.2 Å². The van der Waals surface area contributed by atoms with Crippen LogP contribution in [0.15, 0.2) is 36.2 Å². The highest BCUT2D eigenvalue weighted by Crippen LogP contribution is 2.10. The van der Waals surface area contributed by atoms with Gasteiger partial charge in [-0.3, -0.25) is 0 Å². The normalized spacial score (nSPS) is 11.9. The van der Waals surface area contributed by atoms with Crippen molar-refractivity contribution in [3.05, 3.63) is 41.7 Å². The topological polar surface area (TPSA) is 77.8 Å². The Labute approximate surface area is 145 Å². The molecule has 0 saturated carbocycles. The van der Waals surface area contributed by atoms with Crippen LogP contribution in [0.3, 0.4) is 0 Å². The number of anilines is 1. The van der Waals surface area contributed by atoms with Gasteiger partial charge in [-0.15, -0.1) is 0 Å². The van der Waals surface area contributed by atoms with Gasteiger partial charge in [0.1, 0.15) is 0 Å². The van der Waals surface area contributed by atoms with E-state index in [9.17, 15) is 0 Å². The van der Waals surface area contributed by atoms with Gasteiger partial charge in [-0.25, -0.2) is 0 Å². The van der Waals surface area contributed by atoms with Gasteiger partial charge in [-0.1, -0.05) is 26.0 Å². The average Bonchev–Trinajstić information content (AvgIpc) is 2.58. The minimum atomic E-state index is 0.372. The number of rotatable bonds is 13. The molecular formula is C18H31N3O3. The van der Waals surface area contributed by atoms with Gasteiger partial charge in [-0.05, 0) is 17.7 Å². The summed E-state index contributed by atoms with van der Waals surface area (Å²) in [5.74, 6) is 0. The molecule has 0 aliphatic heterocycles. The Morgan fingerprint density at radius 1 is 1.08 bits per heavy atom. The molecule has 136 valence electrons. The summed E-state index contributed by atoms with van der Waals surface area (Å²) in [6.07, 6.45) is 1.76. The lowest BCUT2D eigenvalue weighted by Gasteiger charge is -2.09. The first-order valence-corrected chi connectivity index (χ1v) is 8.29. The number of benzene rings is 1. The number of nitrogens with one attached hydrogen (secondary N) is 2. The summed E-state index contributed by atoms with van der Waals surface area (Å²) in [5, 5.41) is 6.56. The molecule has 0 spiro atoms. The highest BCUT2D eigenvalue weighted by atomic mass is 16.5. The van der Waals surface area contributed by atoms with Gasteiger partial charge in [0.2, 0.25) is 0 Å². The first-order valence-electron chi connectivity index (χ1n) is 8.29. The van der Waals surface area contributed by atoms with E-state index in [0.717, 1.165) is 12.2 Å². The summed E-state index contributed by atoms with van der Waals surface area (Å²) in [7, 11) is 1.65. The van der Waals surface area contributed by atoms with E-state index in [2.05, 4.69) is 36.6 Å². The molecule has 0 aliphatic rings. The van der Waals surface area contributed by atoms with Crippen molar-refractivity contribution in [2.75, 3.05) is 45.5 Å². The molecule has 0 radical (unpaired) electrons. The van der Waals surface area contributed by atoms with Crippen molar-refractivity contribution in [2.24, 2.45) is 5.73 Å². The fourth-order valence-electron chi connectivity index (χ4n) is 1.81. The average molecular weight is 337 g/mol. The van der Waals surface area contributed by atoms with Gasteiger partial charge in [0.25, 0.3) is 0 Å². The van der Waals surface area contributed by atoms with Crippen molar-refractivity contribution < 1.29 is 14.2 Å². The maximum atomic E-state index is 5.90. The molecule has 0 saturated heterocycles. The molecule has 0 amide bonds. The molecule has 0 atom stereocenters. The fourth-order valence-corrected chi connectivity index (χ4v) is 1.81. The second-order valence-corrected chi connectivity index (χ2v) is 5.75. The number of methoxy groups -OCH3 is 1. The minimum absolute atomic E-state index is 0.372. The predicted octanol–water partition coefficient (Wildman–Crippen LogP) is 2.08. The molecule has 0 fully saturated rings. The van der Waals surface area contributed by atoms with E-state index in [1.807, 2.05) is 12.1 Å². The second kappa shape index (κ2) is 12.8. The number of ether oxygens (including phenoxy) is 3. The Morgan fingerprint density at radius 2 is 1.75 bits per heavy atom. The molecule has 6 nitrogen and oxygen atoms in total. The zero-order valence-corrected chi connectivity index (χ0v) is 15.0. The maximum absolute atomic E-state index is 5.90. The molecule has 0 unspecified atom stereocenters. The molecule has 1 aromatic rings. The van der Waals surface area contributed by atoms with Crippen molar-refractivity contribution in [2.45, 2.75) is 26.4 Å². The van der Waals surface area contributed by atoms with E-state index < -0.39 is 0 Å². The summed E-state index contributed by atoms with van der Waals surface area (Å²) >= 11 is 0. The van der Waals surface area contributed by atoms with E-state index in [1.54, 1.807) is 13.3 Å². The molecular weight excluding hydrogens is 306 g/mol. The van der Waals surface area contributed by atoms with Crippen LogP contribution < -0.4 is 16.4 Å². The summed E-state index contributed by atoms with van der Waals surface area (Å²) in [6.45, 7) is 7.74. The summed E-state index contributed by atoms with van der Waals surface area (Å²) < 4.78 is 15.6. The standard InChI is InChI=1S/C18H31N3O3/c1-15(2)20-12-16-4-6-18(7-5-16)21-13-17(19)14-24-11-10-23-9-8-22-3/h4-7,13,15,20-21H,8-12,14,19H2,1-3H3/b17-13-. The lowest BCUT2D eigenvalue weighted by molar-refractivity contribution is 0.0299. The first kappa shape index (κ1) is 20.4. The van der Waals surface area contributed by atoms with Crippen molar-refractivity contribution in [1.82, 2.24) is 5.32 Å². The molecule has 0 aliphatic carbocycles. The van der Waals surface area contributed by atoms with Gasteiger partial charge in [-0.2, -0.15) is 0 Å². The zero-order valence-electron chi connectivity index (χ0n) is 15.0. The SMILES string of the molecule is COCCOCCOC/C(N)=C/Nc1ccc(CNC(C)C)cc1. The van der Waals surface area contributed by atoms with Crippen LogP contribution in [0.4, 0.5) is 5.69 Å². The van der Waals surface area contributed by atoms with E-state index >= 15 is 0 Å². The monoisotopic (exact) mass is 337 g/mol. The third kappa shape index (κ3) is 10.2. The highest BCUT2D eigenvalue weighted by Gasteiger charge is 1.97. The molecule has 1 rings (SSSR count). The Morgan fingerprint density at radius 3 is 2.42 bits per heavy atom. The van der Waals surface area contributed by atoms with Crippen LogP contribution in [0.5, 0.6) is 0 Å². The Bertz CT molecular complexity index is 461. The molecule has 0 aromatic heterocycles. The smallest absolute Gasteiger partial charge is 0.0876 e. The fraction of sp³-hybridized carbons (Fsp3) is 0.556. The Hall–Kier alpha value is -1.60. The van der Waals surface area contributed by atoms with Crippen molar-refractivity contribution in [3.8, 4) is 0 Å². The van der Waals surface area contributed by atoms with Gasteiger partial charge in [0.15, 0.2) is 0 Å². The number of nitrogens with two attached hydrogens (primary N) is 1. The summed E-state index contributed by atoms with van der Waals surface area (Å²) in [6, 6.07) is 8.73. The second-order valence-electron chi connectivity index (χ2n) is 5.75. The Kier molecular flexibility index (Phi) is 10.9. The molecule has 0 heterocycles. The molecule has 6 heteroatoms. The summed E-state index contributed by atoms with van der Waals surface area (Å²) in [4.78, 5) is 0. The van der Waals surface area contributed by atoms with Gasteiger partial charge in [0, 0.05) is 31.6 Å². The molecule has 24 heavy (non-hydrogen) atoms. The van der Waals surface area contributed by atoms with Crippen molar-refractivity contribution in [3.63, 3.8) is 0 Å². The van der Waals surface area contributed by atoms with Crippen LogP contribution in [0.1, 0.15) is 19.4 Å². The van der Waals surface area contributed by atoms with Crippen LogP contribution in [-0.2, 0) is 20.8 Å². The molecule has 4 N–H and O–H groups in total. The Balaban J connectivity index is 2.19. The number of hydrogen-bond donors (Lipinski definition) is 3. The minimum Gasteiger partial charge on any atom is -0.399 e. The number of hydrogen-bond acceptors (Lipinski definition) is 6. The predicted molar refractivity (Wildman–Crippen MR) is 97.8 cm³/mol. The van der Waals surface area contributed by atoms with Crippen LogP contribution in [0.25, 0.3) is 0 Å². The van der Waals surface area contributed by atoms with Gasteiger partial charge in [0.05, 0.1) is 38.7 Å². The lowest BCUT2D eigenvalue weighted by Crippen LogP contribution is -2.21. The van der Waals surface area contributed by atoms with E-state index in [-0.39, 0.29) is 0 Å².